The molecule has 0 spiro atoms. The predicted octanol–water partition coefficient (Wildman–Crippen LogP) is 4.01. The van der Waals surface area contributed by atoms with Crippen molar-refractivity contribution in [3.05, 3.63) is 71.3 Å². The molecule has 1 heteroatoms. The minimum atomic E-state index is 0.173. The zero-order valence-corrected chi connectivity index (χ0v) is 9.62. The van der Waals surface area contributed by atoms with Gasteiger partial charge in [-0.15, -0.1) is 0 Å². The Bertz CT molecular complexity index is 417. The minimum Gasteiger partial charge on any atom is -0.166 e. The summed E-state index contributed by atoms with van der Waals surface area (Å²) in [5.41, 5.74) is 3.77. The summed E-state index contributed by atoms with van der Waals surface area (Å²) in [6.45, 7) is 2.10. The van der Waals surface area contributed by atoms with Crippen molar-refractivity contribution in [1.82, 2.24) is 0 Å². The lowest BCUT2D eigenvalue weighted by Crippen LogP contribution is -1.92. The van der Waals surface area contributed by atoms with Gasteiger partial charge in [-0.1, -0.05) is 60.2 Å². The van der Waals surface area contributed by atoms with Gasteiger partial charge in [0.05, 0.1) is 5.25 Å². The van der Waals surface area contributed by atoms with E-state index in [1.807, 2.05) is 18.2 Å². The van der Waals surface area contributed by atoms with Crippen LogP contribution in [-0.4, -0.2) is 0 Å². The second-order valence-electron chi connectivity index (χ2n) is 3.72. The number of thiol groups is 1. The Balaban J connectivity index is 2.29. The first-order chi connectivity index (χ1) is 7.27. The number of benzene rings is 2. The molecule has 0 aliphatic rings. The Labute approximate surface area is 96.4 Å². The van der Waals surface area contributed by atoms with Crippen LogP contribution in [0.15, 0.2) is 54.6 Å². The number of aryl methyl sites for hydroxylation is 1. The Kier molecular flexibility index (Phi) is 3.12. The second-order valence-corrected chi connectivity index (χ2v) is 4.24. The Morgan fingerprint density at radius 3 is 1.93 bits per heavy atom. The molecule has 76 valence electrons. The quantitative estimate of drug-likeness (QED) is 0.717. The van der Waals surface area contributed by atoms with E-state index in [1.165, 1.54) is 16.7 Å². The van der Waals surface area contributed by atoms with E-state index < -0.39 is 0 Å². The summed E-state index contributed by atoms with van der Waals surface area (Å²) in [6, 6.07) is 18.9. The summed E-state index contributed by atoms with van der Waals surface area (Å²) in [5, 5.41) is 0.173. The van der Waals surface area contributed by atoms with E-state index in [4.69, 9.17) is 0 Å². The molecule has 0 aliphatic heterocycles. The molecule has 0 heterocycles. The largest absolute Gasteiger partial charge is 0.166 e. The molecule has 0 aromatic heterocycles. The fourth-order valence-electron chi connectivity index (χ4n) is 1.58. The van der Waals surface area contributed by atoms with Gasteiger partial charge < -0.3 is 0 Å². The lowest BCUT2D eigenvalue weighted by Gasteiger charge is -2.11. The first-order valence-electron chi connectivity index (χ1n) is 5.07. The summed E-state index contributed by atoms with van der Waals surface area (Å²) in [6.07, 6.45) is 0. The van der Waals surface area contributed by atoms with Crippen molar-refractivity contribution in [2.45, 2.75) is 12.2 Å². The van der Waals surface area contributed by atoms with Crippen molar-refractivity contribution in [2.24, 2.45) is 0 Å². The molecule has 2 aromatic rings. The third-order valence-corrected chi connectivity index (χ3v) is 3.10. The zero-order valence-electron chi connectivity index (χ0n) is 8.72. The highest BCUT2D eigenvalue weighted by Gasteiger charge is 2.07. The van der Waals surface area contributed by atoms with E-state index in [9.17, 15) is 0 Å². The monoisotopic (exact) mass is 214 g/mol. The number of rotatable bonds is 2. The van der Waals surface area contributed by atoms with Crippen LogP contribution in [0.5, 0.6) is 0 Å². The minimum absolute atomic E-state index is 0.173. The molecule has 0 saturated heterocycles. The summed E-state index contributed by atoms with van der Waals surface area (Å²) in [5.74, 6) is 0. The van der Waals surface area contributed by atoms with Gasteiger partial charge in [-0.3, -0.25) is 0 Å². The van der Waals surface area contributed by atoms with Crippen LogP contribution in [0, 0.1) is 6.92 Å². The molecule has 0 nitrogen and oxygen atoms in total. The van der Waals surface area contributed by atoms with Gasteiger partial charge in [0.25, 0.3) is 0 Å². The lowest BCUT2D eigenvalue weighted by atomic mass is 10.0. The Hall–Kier alpha value is -1.21. The molecular weight excluding hydrogens is 200 g/mol. The van der Waals surface area contributed by atoms with Crippen LogP contribution in [0.3, 0.4) is 0 Å². The number of hydrogen-bond donors (Lipinski definition) is 1. The maximum Gasteiger partial charge on any atom is 0.0516 e. The summed E-state index contributed by atoms with van der Waals surface area (Å²) in [7, 11) is 0. The van der Waals surface area contributed by atoms with Gasteiger partial charge in [-0.25, -0.2) is 0 Å². The normalized spacial score (nSPS) is 12.4. The average molecular weight is 214 g/mol. The van der Waals surface area contributed by atoms with E-state index >= 15 is 0 Å². The fraction of sp³-hybridized carbons (Fsp3) is 0.143. The van der Waals surface area contributed by atoms with Gasteiger partial charge in [0.1, 0.15) is 0 Å². The van der Waals surface area contributed by atoms with Gasteiger partial charge in [0.2, 0.25) is 0 Å². The zero-order chi connectivity index (χ0) is 10.7. The van der Waals surface area contributed by atoms with Crippen LogP contribution in [0.25, 0.3) is 0 Å². The lowest BCUT2D eigenvalue weighted by molar-refractivity contribution is 1.16. The molecule has 2 aromatic carbocycles. The van der Waals surface area contributed by atoms with Crippen LogP contribution in [0.1, 0.15) is 21.9 Å². The molecule has 0 bridgehead atoms. The van der Waals surface area contributed by atoms with Crippen molar-refractivity contribution in [1.29, 1.82) is 0 Å². The van der Waals surface area contributed by atoms with E-state index in [0.717, 1.165) is 0 Å². The van der Waals surface area contributed by atoms with Gasteiger partial charge in [-0.05, 0) is 18.1 Å². The standard InChI is InChI=1S/C14H14S/c1-11-7-9-13(10-8-11)14(15)12-5-3-2-4-6-12/h2-10,14-15H,1H3/t14-/m1/s1. The molecule has 0 saturated carbocycles. The van der Waals surface area contributed by atoms with Crippen molar-refractivity contribution < 1.29 is 0 Å². The molecule has 0 amide bonds. The molecule has 0 radical (unpaired) electrons. The fourth-order valence-corrected chi connectivity index (χ4v) is 1.92. The molecule has 0 N–H and O–H groups in total. The van der Waals surface area contributed by atoms with Crippen LogP contribution >= 0.6 is 12.6 Å². The second kappa shape index (κ2) is 4.54. The van der Waals surface area contributed by atoms with Crippen LogP contribution in [0.4, 0.5) is 0 Å². The van der Waals surface area contributed by atoms with Crippen molar-refractivity contribution in [3.63, 3.8) is 0 Å². The molecule has 0 aliphatic carbocycles. The van der Waals surface area contributed by atoms with E-state index in [-0.39, 0.29) is 5.25 Å². The first-order valence-corrected chi connectivity index (χ1v) is 5.58. The summed E-state index contributed by atoms with van der Waals surface area (Å²) in [4.78, 5) is 0. The average Bonchev–Trinajstić information content (AvgIpc) is 2.30. The van der Waals surface area contributed by atoms with Gasteiger partial charge in [-0.2, -0.15) is 12.6 Å². The van der Waals surface area contributed by atoms with Gasteiger partial charge >= 0.3 is 0 Å². The Morgan fingerprint density at radius 2 is 1.33 bits per heavy atom. The maximum absolute atomic E-state index is 4.64. The summed E-state index contributed by atoms with van der Waals surface area (Å²) < 4.78 is 0. The maximum atomic E-state index is 4.64. The van der Waals surface area contributed by atoms with Crippen molar-refractivity contribution in [2.75, 3.05) is 0 Å². The van der Waals surface area contributed by atoms with Crippen molar-refractivity contribution in [3.8, 4) is 0 Å². The summed E-state index contributed by atoms with van der Waals surface area (Å²) >= 11 is 4.64. The van der Waals surface area contributed by atoms with Crippen molar-refractivity contribution >= 4 is 12.6 Å². The van der Waals surface area contributed by atoms with Crippen LogP contribution in [-0.2, 0) is 0 Å². The molecule has 0 fully saturated rings. The highest BCUT2D eigenvalue weighted by atomic mass is 32.1. The highest BCUT2D eigenvalue weighted by Crippen LogP contribution is 2.27. The van der Waals surface area contributed by atoms with E-state index in [1.54, 1.807) is 0 Å². The third kappa shape index (κ3) is 2.42. The smallest absolute Gasteiger partial charge is 0.0516 e. The molecular formula is C14H14S. The molecule has 0 unspecified atom stereocenters. The molecule has 2 rings (SSSR count). The topological polar surface area (TPSA) is 0 Å². The molecule has 15 heavy (non-hydrogen) atoms. The Morgan fingerprint density at radius 1 is 0.800 bits per heavy atom. The van der Waals surface area contributed by atoms with Gasteiger partial charge in [0, 0.05) is 0 Å². The predicted molar refractivity (Wildman–Crippen MR) is 68.5 cm³/mol. The molecule has 1 atom stereocenters. The SMILES string of the molecule is Cc1ccc([C@H](S)c2ccccc2)cc1. The highest BCUT2D eigenvalue weighted by molar-refractivity contribution is 7.80. The van der Waals surface area contributed by atoms with Gasteiger partial charge in [0.15, 0.2) is 0 Å². The van der Waals surface area contributed by atoms with Crippen LogP contribution < -0.4 is 0 Å². The number of hydrogen-bond acceptors (Lipinski definition) is 1. The van der Waals surface area contributed by atoms with Crippen LogP contribution in [0.2, 0.25) is 0 Å². The third-order valence-electron chi connectivity index (χ3n) is 2.51. The first kappa shape index (κ1) is 10.3. The van der Waals surface area contributed by atoms with E-state index in [2.05, 4.69) is 56.0 Å². The van der Waals surface area contributed by atoms with E-state index in [0.29, 0.717) is 0 Å².